The predicted octanol–water partition coefficient (Wildman–Crippen LogP) is 1.45. The van der Waals surface area contributed by atoms with Crippen molar-refractivity contribution in [2.24, 2.45) is 0 Å². The number of carboxylic acids is 2. The quantitative estimate of drug-likeness (QED) is 0.571. The van der Waals surface area contributed by atoms with Gasteiger partial charge in [-0.2, -0.15) is 0 Å². The number of hydrogen-bond acceptors (Lipinski definition) is 2. The SMILES string of the molecule is O=C(O)C=C(Cl)C(Cl)(Cl)C(=O)O. The second kappa shape index (κ2) is 3.98. The minimum Gasteiger partial charge on any atom is -0.479 e. The van der Waals surface area contributed by atoms with Crippen molar-refractivity contribution in [3.05, 3.63) is 11.1 Å². The molecule has 0 rings (SSSR count). The summed E-state index contributed by atoms with van der Waals surface area (Å²) in [7, 11) is 0. The molecule has 0 unspecified atom stereocenters. The van der Waals surface area contributed by atoms with Crippen LogP contribution in [0.25, 0.3) is 0 Å². The van der Waals surface area contributed by atoms with Crippen molar-refractivity contribution in [1.29, 1.82) is 0 Å². The Morgan fingerprint density at radius 1 is 1.25 bits per heavy atom. The van der Waals surface area contributed by atoms with Crippen LogP contribution in [-0.2, 0) is 9.59 Å². The third-order valence-corrected chi connectivity index (χ3v) is 2.14. The van der Waals surface area contributed by atoms with Crippen molar-refractivity contribution in [3.8, 4) is 0 Å². The lowest BCUT2D eigenvalue weighted by Gasteiger charge is -2.11. The summed E-state index contributed by atoms with van der Waals surface area (Å²) in [5.41, 5.74) is 0. The fourth-order valence-electron chi connectivity index (χ4n) is 0.301. The van der Waals surface area contributed by atoms with E-state index in [1.165, 1.54) is 0 Å². The van der Waals surface area contributed by atoms with Crippen molar-refractivity contribution in [2.45, 2.75) is 4.33 Å². The molecule has 0 radical (unpaired) electrons. The highest BCUT2D eigenvalue weighted by molar-refractivity contribution is 6.64. The van der Waals surface area contributed by atoms with Crippen LogP contribution in [0, 0.1) is 0 Å². The normalized spacial score (nSPS) is 12.8. The second-order valence-corrected chi connectivity index (χ2v) is 3.44. The topological polar surface area (TPSA) is 74.6 Å². The van der Waals surface area contributed by atoms with E-state index in [4.69, 9.17) is 45.0 Å². The van der Waals surface area contributed by atoms with Crippen LogP contribution < -0.4 is 0 Å². The van der Waals surface area contributed by atoms with Crippen LogP contribution in [0.4, 0.5) is 0 Å². The van der Waals surface area contributed by atoms with Gasteiger partial charge in [0.2, 0.25) is 4.33 Å². The maximum absolute atomic E-state index is 10.3. The predicted molar refractivity (Wildman–Crippen MR) is 43.6 cm³/mol. The third-order valence-electron chi connectivity index (χ3n) is 0.819. The Labute approximate surface area is 82.3 Å². The summed E-state index contributed by atoms with van der Waals surface area (Å²) in [6.07, 6.45) is 0.412. The van der Waals surface area contributed by atoms with Gasteiger partial charge in [0.1, 0.15) is 0 Å². The Bertz CT molecular complexity index is 245. The first kappa shape index (κ1) is 11.6. The van der Waals surface area contributed by atoms with E-state index in [0.717, 1.165) is 0 Å². The van der Waals surface area contributed by atoms with Crippen LogP contribution in [0.2, 0.25) is 0 Å². The molecule has 0 aromatic heterocycles. The van der Waals surface area contributed by atoms with E-state index in [9.17, 15) is 9.59 Å². The molecule has 0 aromatic rings. The molecule has 4 nitrogen and oxygen atoms in total. The third kappa shape index (κ3) is 2.89. The van der Waals surface area contributed by atoms with E-state index >= 15 is 0 Å². The minimum absolute atomic E-state index is 0.412. The van der Waals surface area contributed by atoms with Gasteiger partial charge in [-0.15, -0.1) is 0 Å². The standard InChI is InChI=1S/C5H3Cl3O4/c6-2(1-3(9)10)5(7,8)4(11)12/h1H,(H,9,10)(H,11,12). The highest BCUT2D eigenvalue weighted by Crippen LogP contribution is 2.32. The van der Waals surface area contributed by atoms with E-state index in [1.54, 1.807) is 0 Å². The summed E-state index contributed by atoms with van der Waals surface area (Å²) in [6, 6.07) is 0. The van der Waals surface area contributed by atoms with Crippen molar-refractivity contribution in [2.75, 3.05) is 0 Å². The van der Waals surface area contributed by atoms with E-state index < -0.39 is 21.3 Å². The summed E-state index contributed by atoms with van der Waals surface area (Å²) in [4.78, 5) is 20.3. The minimum atomic E-state index is -2.40. The maximum atomic E-state index is 10.3. The van der Waals surface area contributed by atoms with Gasteiger partial charge in [-0.1, -0.05) is 34.8 Å². The summed E-state index contributed by atoms with van der Waals surface area (Å²) in [5.74, 6) is -3.06. The summed E-state index contributed by atoms with van der Waals surface area (Å²) in [6.45, 7) is 0. The molecular weight excluding hydrogens is 230 g/mol. The molecule has 12 heavy (non-hydrogen) atoms. The van der Waals surface area contributed by atoms with Crippen molar-refractivity contribution < 1.29 is 19.8 Å². The summed E-state index contributed by atoms with van der Waals surface area (Å²) >= 11 is 15.5. The van der Waals surface area contributed by atoms with Crippen molar-refractivity contribution in [1.82, 2.24) is 0 Å². The molecule has 0 heterocycles. The lowest BCUT2D eigenvalue weighted by Crippen LogP contribution is -2.26. The molecule has 0 spiro atoms. The van der Waals surface area contributed by atoms with Crippen LogP contribution in [0.15, 0.2) is 11.1 Å². The van der Waals surface area contributed by atoms with Gasteiger partial charge in [-0.25, -0.2) is 9.59 Å². The Balaban J connectivity index is 4.79. The molecule has 2 N–H and O–H groups in total. The fraction of sp³-hybridized carbons (Fsp3) is 0.200. The van der Waals surface area contributed by atoms with Crippen LogP contribution in [0.3, 0.4) is 0 Å². The van der Waals surface area contributed by atoms with Gasteiger partial charge in [0.25, 0.3) is 0 Å². The van der Waals surface area contributed by atoms with Crippen molar-refractivity contribution >= 4 is 46.7 Å². The Morgan fingerprint density at radius 2 is 1.67 bits per heavy atom. The molecule has 0 aliphatic rings. The molecule has 0 saturated carbocycles. The molecular formula is C5H3Cl3O4. The zero-order valence-electron chi connectivity index (χ0n) is 5.42. The van der Waals surface area contributed by atoms with E-state index in [-0.39, 0.29) is 0 Å². The number of hydrogen-bond donors (Lipinski definition) is 2. The van der Waals surface area contributed by atoms with Crippen LogP contribution in [0.5, 0.6) is 0 Å². The molecule has 0 atom stereocenters. The zero-order valence-corrected chi connectivity index (χ0v) is 7.69. The molecule has 0 saturated heterocycles. The lowest BCUT2D eigenvalue weighted by molar-refractivity contribution is -0.136. The zero-order chi connectivity index (χ0) is 9.94. The molecule has 7 heteroatoms. The van der Waals surface area contributed by atoms with E-state index in [2.05, 4.69) is 0 Å². The largest absolute Gasteiger partial charge is 0.479 e. The van der Waals surface area contributed by atoms with Crippen LogP contribution >= 0.6 is 34.8 Å². The molecule has 0 aromatic carbocycles. The number of carboxylic acid groups (broad SMARTS) is 2. The average molecular weight is 233 g/mol. The molecule has 0 bridgehead atoms. The van der Waals surface area contributed by atoms with Gasteiger partial charge in [0, 0.05) is 6.08 Å². The van der Waals surface area contributed by atoms with Gasteiger partial charge < -0.3 is 10.2 Å². The van der Waals surface area contributed by atoms with E-state index in [1.807, 2.05) is 0 Å². The van der Waals surface area contributed by atoms with Gasteiger partial charge in [0.05, 0.1) is 5.03 Å². The highest BCUT2D eigenvalue weighted by atomic mass is 35.5. The number of rotatable bonds is 3. The first-order valence-electron chi connectivity index (χ1n) is 2.50. The average Bonchev–Trinajstić information content (AvgIpc) is 1.85. The molecule has 0 amide bonds. The highest BCUT2D eigenvalue weighted by Gasteiger charge is 2.37. The number of carbonyl (C=O) groups is 2. The fourth-order valence-corrected chi connectivity index (χ4v) is 0.584. The first-order chi connectivity index (χ1) is 5.28. The molecule has 0 fully saturated rings. The monoisotopic (exact) mass is 232 g/mol. The van der Waals surface area contributed by atoms with Gasteiger partial charge in [-0.05, 0) is 0 Å². The van der Waals surface area contributed by atoms with Crippen molar-refractivity contribution in [3.63, 3.8) is 0 Å². The number of alkyl halides is 2. The van der Waals surface area contributed by atoms with E-state index in [0.29, 0.717) is 6.08 Å². The van der Waals surface area contributed by atoms with Crippen LogP contribution in [-0.4, -0.2) is 26.5 Å². The first-order valence-corrected chi connectivity index (χ1v) is 3.63. The molecule has 0 aliphatic carbocycles. The lowest BCUT2D eigenvalue weighted by atomic mass is 10.3. The van der Waals surface area contributed by atoms with Gasteiger partial charge in [-0.3, -0.25) is 0 Å². The van der Waals surface area contributed by atoms with Gasteiger partial charge >= 0.3 is 11.9 Å². The summed E-state index contributed by atoms with van der Waals surface area (Å²) in [5, 5.41) is 15.8. The number of halogens is 3. The Morgan fingerprint density at radius 3 is 1.92 bits per heavy atom. The second-order valence-electron chi connectivity index (χ2n) is 1.71. The molecule has 68 valence electrons. The molecule has 0 aliphatic heterocycles. The summed E-state index contributed by atoms with van der Waals surface area (Å²) < 4.78 is -2.40. The van der Waals surface area contributed by atoms with Gasteiger partial charge in [0.15, 0.2) is 0 Å². The number of aliphatic carboxylic acids is 2. The Kier molecular flexibility index (Phi) is 3.83. The maximum Gasteiger partial charge on any atom is 0.345 e. The van der Waals surface area contributed by atoms with Crippen LogP contribution in [0.1, 0.15) is 0 Å². The smallest absolute Gasteiger partial charge is 0.345 e. The Hall–Kier alpha value is -0.450.